The molecule has 0 spiro atoms. The molecule has 0 amide bonds. The van der Waals surface area contributed by atoms with Crippen molar-refractivity contribution in [3.63, 3.8) is 0 Å². The Bertz CT molecular complexity index is 741. The number of carbonyl (C=O) groups is 2. The maximum atomic E-state index is 12.4. The molecule has 0 aliphatic rings. The van der Waals surface area contributed by atoms with E-state index in [0.29, 0.717) is 6.42 Å². The summed E-state index contributed by atoms with van der Waals surface area (Å²) in [4.78, 5) is 42.7. The van der Waals surface area contributed by atoms with Crippen LogP contribution >= 0.6 is 7.82 Å². The van der Waals surface area contributed by atoms with Crippen LogP contribution in [0.2, 0.25) is 0 Å². The number of unbranched alkanes of at least 4 members (excludes halogenated alkanes) is 27. The van der Waals surface area contributed by atoms with Gasteiger partial charge in [-0.2, -0.15) is 0 Å². The van der Waals surface area contributed by atoms with E-state index in [9.17, 15) is 14.2 Å². The summed E-state index contributed by atoms with van der Waals surface area (Å²) in [6, 6.07) is 0. The molecule has 0 radical (unpaired) electrons. The summed E-state index contributed by atoms with van der Waals surface area (Å²) < 4.78 is 26.3. The van der Waals surface area contributed by atoms with Crippen LogP contribution in [0.15, 0.2) is 0 Å². The Balaban J connectivity index is 3.89. The molecule has 0 saturated carbocycles. The lowest BCUT2D eigenvalue weighted by Crippen LogP contribution is -2.29. The topological polar surface area (TPSA) is 119 Å². The first-order chi connectivity index (χ1) is 22.8. The standard InChI is InChI=1S/C38H75O8P/c1-3-5-7-9-11-13-15-17-19-21-23-25-27-29-31-33-38(40)46-36(35-45-47(41,42)43)34-44-37(39)32-30-28-26-24-22-20-18-16-14-12-10-8-6-4-2/h36H,3-35H2,1-2H3,(H2,41,42,43)/t36-/m1/s1. The summed E-state index contributed by atoms with van der Waals surface area (Å²) in [5.74, 6) is -0.870. The zero-order valence-electron chi connectivity index (χ0n) is 30.7. The molecule has 0 aliphatic heterocycles. The number of hydrogen-bond donors (Lipinski definition) is 2. The van der Waals surface area contributed by atoms with Crippen LogP contribution in [0, 0.1) is 0 Å². The van der Waals surface area contributed by atoms with Gasteiger partial charge in [0.2, 0.25) is 0 Å². The smallest absolute Gasteiger partial charge is 0.462 e. The van der Waals surface area contributed by atoms with Crippen LogP contribution in [0.5, 0.6) is 0 Å². The molecule has 0 saturated heterocycles. The molecule has 280 valence electrons. The molecular weight excluding hydrogens is 615 g/mol. The van der Waals surface area contributed by atoms with Crippen molar-refractivity contribution in [2.45, 2.75) is 219 Å². The minimum atomic E-state index is -4.74. The van der Waals surface area contributed by atoms with Crippen LogP contribution in [0.1, 0.15) is 213 Å². The van der Waals surface area contributed by atoms with Crippen LogP contribution < -0.4 is 0 Å². The van der Waals surface area contributed by atoms with E-state index in [4.69, 9.17) is 19.3 Å². The van der Waals surface area contributed by atoms with Gasteiger partial charge in [0.1, 0.15) is 6.61 Å². The number of ether oxygens (including phenoxy) is 2. The number of phosphoric ester groups is 1. The van der Waals surface area contributed by atoms with E-state index in [1.165, 1.54) is 148 Å². The molecule has 0 aromatic carbocycles. The normalized spacial score (nSPS) is 12.3. The van der Waals surface area contributed by atoms with E-state index in [2.05, 4.69) is 18.4 Å². The van der Waals surface area contributed by atoms with Gasteiger partial charge in [0.05, 0.1) is 6.61 Å². The second kappa shape index (κ2) is 34.9. The molecule has 8 nitrogen and oxygen atoms in total. The average molecular weight is 691 g/mol. The second-order valence-electron chi connectivity index (χ2n) is 13.6. The van der Waals surface area contributed by atoms with E-state index in [1.54, 1.807) is 0 Å². The van der Waals surface area contributed by atoms with Gasteiger partial charge in [-0.25, -0.2) is 4.57 Å². The predicted octanol–water partition coefficient (Wildman–Crippen LogP) is 11.7. The maximum Gasteiger partial charge on any atom is 0.469 e. The van der Waals surface area contributed by atoms with Gasteiger partial charge < -0.3 is 19.3 Å². The summed E-state index contributed by atoms with van der Waals surface area (Å²) in [6.07, 6.45) is 35.3. The zero-order chi connectivity index (χ0) is 34.7. The Morgan fingerprint density at radius 2 is 0.766 bits per heavy atom. The van der Waals surface area contributed by atoms with Crippen molar-refractivity contribution in [1.82, 2.24) is 0 Å². The highest BCUT2D eigenvalue weighted by atomic mass is 31.2. The predicted molar refractivity (Wildman–Crippen MR) is 193 cm³/mol. The van der Waals surface area contributed by atoms with Crippen molar-refractivity contribution in [3.8, 4) is 0 Å². The van der Waals surface area contributed by atoms with Crippen molar-refractivity contribution < 1.29 is 37.9 Å². The Morgan fingerprint density at radius 3 is 1.09 bits per heavy atom. The molecule has 47 heavy (non-hydrogen) atoms. The van der Waals surface area contributed by atoms with Crippen molar-refractivity contribution in [1.29, 1.82) is 0 Å². The van der Waals surface area contributed by atoms with Crippen LogP contribution in [0.25, 0.3) is 0 Å². The first kappa shape index (κ1) is 46.0. The van der Waals surface area contributed by atoms with Gasteiger partial charge in [0, 0.05) is 12.8 Å². The first-order valence-electron chi connectivity index (χ1n) is 19.8. The lowest BCUT2D eigenvalue weighted by molar-refractivity contribution is -0.161. The minimum absolute atomic E-state index is 0.220. The van der Waals surface area contributed by atoms with E-state index in [-0.39, 0.29) is 19.4 Å². The molecule has 2 N–H and O–H groups in total. The van der Waals surface area contributed by atoms with Gasteiger partial charge in [-0.05, 0) is 12.8 Å². The highest BCUT2D eigenvalue weighted by Crippen LogP contribution is 2.36. The number of hydrogen-bond acceptors (Lipinski definition) is 6. The van der Waals surface area contributed by atoms with Crippen molar-refractivity contribution >= 4 is 19.8 Å². The van der Waals surface area contributed by atoms with E-state index in [1.807, 2.05) is 0 Å². The van der Waals surface area contributed by atoms with Crippen LogP contribution in [-0.2, 0) is 28.2 Å². The first-order valence-corrected chi connectivity index (χ1v) is 21.4. The van der Waals surface area contributed by atoms with Gasteiger partial charge in [-0.15, -0.1) is 0 Å². The highest BCUT2D eigenvalue weighted by molar-refractivity contribution is 7.46. The van der Waals surface area contributed by atoms with Gasteiger partial charge in [0.25, 0.3) is 0 Å². The van der Waals surface area contributed by atoms with Gasteiger partial charge in [0.15, 0.2) is 6.10 Å². The van der Waals surface area contributed by atoms with E-state index in [0.717, 1.165) is 32.1 Å². The molecule has 0 heterocycles. The van der Waals surface area contributed by atoms with Crippen molar-refractivity contribution in [3.05, 3.63) is 0 Å². The Labute approximate surface area is 289 Å². The largest absolute Gasteiger partial charge is 0.469 e. The molecule has 0 unspecified atom stereocenters. The summed E-state index contributed by atoms with van der Waals surface area (Å²) in [7, 11) is -4.74. The summed E-state index contributed by atoms with van der Waals surface area (Å²) in [6.45, 7) is 3.70. The molecule has 0 rings (SSSR count). The van der Waals surface area contributed by atoms with Gasteiger partial charge >= 0.3 is 19.8 Å². The third-order valence-electron chi connectivity index (χ3n) is 8.88. The number of carbonyl (C=O) groups excluding carboxylic acids is 2. The van der Waals surface area contributed by atoms with Gasteiger partial charge in [-0.3, -0.25) is 14.1 Å². The molecule has 0 aromatic rings. The van der Waals surface area contributed by atoms with E-state index < -0.39 is 32.5 Å². The number of rotatable bonds is 37. The maximum absolute atomic E-state index is 12.4. The molecule has 0 aromatic heterocycles. The van der Waals surface area contributed by atoms with Crippen molar-refractivity contribution in [2.75, 3.05) is 13.2 Å². The lowest BCUT2D eigenvalue weighted by atomic mass is 10.0. The third kappa shape index (κ3) is 37.7. The third-order valence-corrected chi connectivity index (χ3v) is 9.36. The quantitative estimate of drug-likeness (QED) is 0.0375. The fraction of sp³-hybridized carbons (Fsp3) is 0.947. The van der Waals surface area contributed by atoms with Gasteiger partial charge in [-0.1, -0.05) is 187 Å². The molecule has 9 heteroatoms. The Morgan fingerprint density at radius 1 is 0.468 bits per heavy atom. The second-order valence-corrected chi connectivity index (χ2v) is 14.9. The van der Waals surface area contributed by atoms with E-state index >= 15 is 0 Å². The summed E-state index contributed by atoms with van der Waals surface area (Å²) >= 11 is 0. The molecule has 0 bridgehead atoms. The van der Waals surface area contributed by atoms with Crippen LogP contribution in [0.4, 0.5) is 0 Å². The van der Waals surface area contributed by atoms with Crippen molar-refractivity contribution in [2.24, 2.45) is 0 Å². The number of esters is 2. The molecule has 0 aliphatic carbocycles. The Hall–Kier alpha value is -0.950. The van der Waals surface area contributed by atoms with Crippen LogP contribution in [-0.4, -0.2) is 41.0 Å². The summed E-state index contributed by atoms with van der Waals surface area (Å²) in [5.41, 5.74) is 0. The number of phosphoric acid groups is 1. The molecule has 1 atom stereocenters. The highest BCUT2D eigenvalue weighted by Gasteiger charge is 2.22. The fourth-order valence-electron chi connectivity index (χ4n) is 5.90. The monoisotopic (exact) mass is 691 g/mol. The average Bonchev–Trinajstić information content (AvgIpc) is 3.03. The summed E-state index contributed by atoms with van der Waals surface area (Å²) in [5, 5.41) is 0. The molecule has 0 fully saturated rings. The van der Waals surface area contributed by atoms with Crippen LogP contribution in [0.3, 0.4) is 0 Å². The lowest BCUT2D eigenvalue weighted by Gasteiger charge is -2.18. The minimum Gasteiger partial charge on any atom is -0.462 e. The zero-order valence-corrected chi connectivity index (χ0v) is 31.6. The fourth-order valence-corrected chi connectivity index (χ4v) is 6.26. The molecular formula is C38H75O8P. The SMILES string of the molecule is CCCCCCCCCCCCCCCCCC(=O)O[C@H](COC(=O)CCCCCCCCCCCCCCCC)COP(=O)(O)O. The Kier molecular flexibility index (Phi) is 34.2.